The number of pyridine rings is 1. The molecule has 1 unspecified atom stereocenters. The van der Waals surface area contributed by atoms with E-state index in [9.17, 15) is 4.79 Å². The van der Waals surface area contributed by atoms with Gasteiger partial charge in [0.1, 0.15) is 5.65 Å². The number of hydrogen-bond acceptors (Lipinski definition) is 3. The average Bonchev–Trinajstić information content (AvgIpc) is 3.07. The van der Waals surface area contributed by atoms with Crippen LogP contribution < -0.4 is 0 Å². The molecule has 1 aliphatic rings. The lowest BCUT2D eigenvalue weighted by molar-refractivity contribution is 0.0461. The zero-order valence-electron chi connectivity index (χ0n) is 18.0. The minimum absolute atomic E-state index is 0.0620. The Balaban J connectivity index is 2.11. The highest BCUT2D eigenvalue weighted by molar-refractivity contribution is 6.82. The summed E-state index contributed by atoms with van der Waals surface area (Å²) in [5.41, 5.74) is 3.13. The minimum atomic E-state index is -1.93. The Morgan fingerprint density at radius 3 is 2.39 bits per heavy atom. The third kappa shape index (κ3) is 3.35. The van der Waals surface area contributed by atoms with E-state index in [-0.39, 0.29) is 11.7 Å². The van der Waals surface area contributed by atoms with E-state index in [0.29, 0.717) is 33.8 Å². The molecule has 2 aromatic heterocycles. The molecule has 0 aromatic carbocycles. The van der Waals surface area contributed by atoms with Crippen molar-refractivity contribution in [3.05, 3.63) is 29.0 Å². The van der Waals surface area contributed by atoms with E-state index < -0.39 is 8.24 Å². The Bertz CT molecular complexity index is 832. The Hall–Kier alpha value is -1.17. The van der Waals surface area contributed by atoms with E-state index in [1.54, 1.807) is 6.20 Å². The van der Waals surface area contributed by atoms with Crippen LogP contribution in [0.2, 0.25) is 21.6 Å². The highest BCUT2D eigenvalue weighted by Gasteiger charge is 2.46. The number of Topliss-reactive ketones (excluding diaryl/α,β-unsaturated/α-hetero) is 1. The number of halogens is 1. The van der Waals surface area contributed by atoms with Gasteiger partial charge in [-0.2, -0.15) is 0 Å². The summed E-state index contributed by atoms with van der Waals surface area (Å²) in [6.07, 6.45) is 5.63. The summed E-state index contributed by atoms with van der Waals surface area (Å²) in [7, 11) is -1.93. The first-order chi connectivity index (χ1) is 13.2. The van der Waals surface area contributed by atoms with Crippen LogP contribution in [0.15, 0.2) is 18.5 Å². The third-order valence-electron chi connectivity index (χ3n) is 6.64. The Morgan fingerprint density at radius 2 is 1.86 bits per heavy atom. The normalized spacial score (nSPS) is 18.6. The van der Waals surface area contributed by atoms with Gasteiger partial charge in [-0.3, -0.25) is 4.79 Å². The maximum absolute atomic E-state index is 13.0. The molecule has 0 radical (unpaired) electrons. The molecule has 0 N–H and O–H groups in total. The molecule has 1 atom stereocenters. The largest absolute Gasteiger partial charge is 0.381 e. The van der Waals surface area contributed by atoms with Crippen molar-refractivity contribution in [2.24, 2.45) is 5.92 Å². The monoisotopic (exact) mass is 420 g/mol. The van der Waals surface area contributed by atoms with Crippen molar-refractivity contribution in [2.75, 3.05) is 13.2 Å². The van der Waals surface area contributed by atoms with E-state index in [1.807, 2.05) is 6.07 Å². The summed E-state index contributed by atoms with van der Waals surface area (Å²) >= 11 is 6.76. The zero-order chi connectivity index (χ0) is 20.6. The summed E-state index contributed by atoms with van der Waals surface area (Å²) < 4.78 is 7.93. The number of fused-ring (bicyclic) bond motifs is 1. The molecular weight excluding hydrogens is 388 g/mol. The minimum Gasteiger partial charge on any atom is -0.381 e. The van der Waals surface area contributed by atoms with Crippen molar-refractivity contribution < 1.29 is 9.53 Å². The molecule has 1 saturated heterocycles. The standard InChI is InChI=1S/C22H33ClN2O2Si/c1-14(2)28(15(3)4,16(5)6)25-10-9-18-20(23)19(12-24-22(18)25)21(26)17-8-7-11-27-13-17/h9-10,12,14-17H,7-8,11,13H2,1-6H3. The fraction of sp³-hybridized carbons (Fsp3) is 0.636. The number of ketones is 1. The van der Waals surface area contributed by atoms with Crippen LogP contribution in [-0.4, -0.2) is 36.4 Å². The van der Waals surface area contributed by atoms with Gasteiger partial charge in [0.25, 0.3) is 0 Å². The lowest BCUT2D eigenvalue weighted by Crippen LogP contribution is -2.51. The van der Waals surface area contributed by atoms with E-state index in [2.05, 4.69) is 52.0 Å². The van der Waals surface area contributed by atoms with Gasteiger partial charge in [-0.25, -0.2) is 4.98 Å². The highest BCUT2D eigenvalue weighted by Crippen LogP contribution is 2.44. The molecular formula is C22H33ClN2O2Si. The number of rotatable bonds is 6. The number of hydrogen-bond donors (Lipinski definition) is 0. The predicted molar refractivity (Wildman–Crippen MR) is 119 cm³/mol. The molecule has 0 aliphatic carbocycles. The molecule has 1 aliphatic heterocycles. The molecule has 0 spiro atoms. The maximum Gasteiger partial charge on any atom is 0.171 e. The van der Waals surface area contributed by atoms with Gasteiger partial charge in [0.15, 0.2) is 14.0 Å². The Morgan fingerprint density at radius 1 is 1.21 bits per heavy atom. The van der Waals surface area contributed by atoms with Gasteiger partial charge in [-0.1, -0.05) is 53.1 Å². The van der Waals surface area contributed by atoms with Gasteiger partial charge in [-0.05, 0) is 41.7 Å². The van der Waals surface area contributed by atoms with Gasteiger partial charge < -0.3 is 8.97 Å². The first kappa shape index (κ1) is 21.5. The van der Waals surface area contributed by atoms with E-state index in [1.165, 1.54) is 0 Å². The van der Waals surface area contributed by atoms with Gasteiger partial charge >= 0.3 is 0 Å². The summed E-state index contributed by atoms with van der Waals surface area (Å²) in [4.78, 5) is 17.8. The van der Waals surface area contributed by atoms with Gasteiger partial charge in [0, 0.05) is 24.1 Å². The van der Waals surface area contributed by atoms with Crippen molar-refractivity contribution in [3.63, 3.8) is 0 Å². The third-order valence-corrected chi connectivity index (χ3v) is 13.8. The topological polar surface area (TPSA) is 44.1 Å². The van der Waals surface area contributed by atoms with Gasteiger partial charge in [0.05, 0.1) is 17.2 Å². The average molecular weight is 421 g/mol. The molecule has 3 rings (SSSR count). The molecule has 0 saturated carbocycles. The van der Waals surface area contributed by atoms with E-state index >= 15 is 0 Å². The van der Waals surface area contributed by atoms with Crippen LogP contribution in [0, 0.1) is 5.92 Å². The Labute approximate surface area is 174 Å². The Kier molecular flexibility index (Phi) is 6.37. The van der Waals surface area contributed by atoms with Crippen LogP contribution in [0.3, 0.4) is 0 Å². The van der Waals surface area contributed by atoms with Crippen LogP contribution in [0.25, 0.3) is 11.0 Å². The van der Waals surface area contributed by atoms with Crippen molar-refractivity contribution in [1.82, 2.24) is 9.22 Å². The predicted octanol–water partition coefficient (Wildman–Crippen LogP) is 6.32. The molecule has 2 aromatic rings. The second-order valence-corrected chi connectivity index (χ2v) is 15.1. The maximum atomic E-state index is 13.0. The first-order valence-electron chi connectivity index (χ1n) is 10.5. The zero-order valence-corrected chi connectivity index (χ0v) is 19.7. The van der Waals surface area contributed by atoms with Crippen molar-refractivity contribution in [3.8, 4) is 0 Å². The van der Waals surface area contributed by atoms with Crippen molar-refractivity contribution in [1.29, 1.82) is 0 Å². The molecule has 0 bridgehead atoms. The summed E-state index contributed by atoms with van der Waals surface area (Å²) in [5, 5.41) is 1.43. The fourth-order valence-electron chi connectivity index (χ4n) is 5.54. The SMILES string of the molecule is CC(C)[Si](C(C)C)(C(C)C)n1ccc2c(Cl)c(C(=O)C3CCCOC3)cnc21. The quantitative estimate of drug-likeness (QED) is 0.405. The second-order valence-electron chi connectivity index (χ2n) is 9.04. The summed E-state index contributed by atoms with van der Waals surface area (Å²) in [5.74, 6) is -0.0463. The summed E-state index contributed by atoms with van der Waals surface area (Å²) in [6.45, 7) is 15.2. The van der Waals surface area contributed by atoms with Crippen LogP contribution in [0.5, 0.6) is 0 Å². The van der Waals surface area contributed by atoms with Gasteiger partial charge in [-0.15, -0.1) is 0 Å². The van der Waals surface area contributed by atoms with Crippen LogP contribution in [0.1, 0.15) is 64.7 Å². The molecule has 3 heterocycles. The molecule has 154 valence electrons. The highest BCUT2D eigenvalue weighted by atomic mass is 35.5. The van der Waals surface area contributed by atoms with E-state index in [4.69, 9.17) is 21.3 Å². The number of aromatic nitrogens is 2. The number of carbonyl (C=O) groups is 1. The first-order valence-corrected chi connectivity index (χ1v) is 13.1. The smallest absolute Gasteiger partial charge is 0.171 e. The van der Waals surface area contributed by atoms with Crippen molar-refractivity contribution in [2.45, 2.75) is 71.0 Å². The lowest BCUT2D eigenvalue weighted by atomic mass is 9.93. The van der Waals surface area contributed by atoms with Crippen LogP contribution in [0.4, 0.5) is 0 Å². The molecule has 1 fully saturated rings. The molecule has 28 heavy (non-hydrogen) atoms. The van der Waals surface area contributed by atoms with Crippen LogP contribution >= 0.6 is 11.6 Å². The molecule has 6 heteroatoms. The van der Waals surface area contributed by atoms with E-state index in [0.717, 1.165) is 30.5 Å². The second kappa shape index (κ2) is 8.29. The molecule has 4 nitrogen and oxygen atoms in total. The van der Waals surface area contributed by atoms with Crippen LogP contribution in [-0.2, 0) is 4.74 Å². The van der Waals surface area contributed by atoms with Gasteiger partial charge in [0.2, 0.25) is 0 Å². The van der Waals surface area contributed by atoms with Crippen molar-refractivity contribution >= 4 is 36.7 Å². The number of carbonyl (C=O) groups excluding carboxylic acids is 1. The number of nitrogens with zero attached hydrogens (tertiary/aromatic N) is 2. The summed E-state index contributed by atoms with van der Waals surface area (Å²) in [6, 6.07) is 2.05. The lowest BCUT2D eigenvalue weighted by Gasteiger charge is -2.44. The number of ether oxygens (including phenoxy) is 1. The fourth-order valence-corrected chi connectivity index (χ4v) is 12.4. The molecule has 0 amide bonds.